The molecule has 0 bridgehead atoms. The van der Waals surface area contributed by atoms with Crippen molar-refractivity contribution in [1.29, 1.82) is 0 Å². The lowest BCUT2D eigenvalue weighted by molar-refractivity contribution is -0.115. The van der Waals surface area contributed by atoms with E-state index in [-0.39, 0.29) is 23.6 Å². The van der Waals surface area contributed by atoms with E-state index in [0.29, 0.717) is 22.0 Å². The van der Waals surface area contributed by atoms with Gasteiger partial charge in [-0.2, -0.15) is 0 Å². The second kappa shape index (κ2) is 6.26. The highest BCUT2D eigenvalue weighted by Crippen LogP contribution is 2.32. The fourth-order valence-electron chi connectivity index (χ4n) is 2.51. The van der Waals surface area contributed by atoms with E-state index < -0.39 is 0 Å². The van der Waals surface area contributed by atoms with Crippen LogP contribution in [0.2, 0.25) is 5.02 Å². The maximum atomic E-state index is 12.3. The molecule has 1 saturated carbocycles. The minimum atomic E-state index is -0.359. The maximum absolute atomic E-state index is 12.3. The number of fused-ring (bicyclic) bond motifs is 1. The number of anilines is 1. The van der Waals surface area contributed by atoms with Crippen LogP contribution in [-0.4, -0.2) is 17.9 Å². The molecule has 1 aliphatic heterocycles. The molecule has 0 unspecified atom stereocenters. The van der Waals surface area contributed by atoms with Gasteiger partial charge in [-0.05, 0) is 54.8 Å². The van der Waals surface area contributed by atoms with Crippen LogP contribution < -0.4 is 15.4 Å². The molecule has 2 amide bonds. The summed E-state index contributed by atoms with van der Waals surface area (Å²) in [6, 6.07) is 12.4. The van der Waals surface area contributed by atoms with Gasteiger partial charge in [-0.1, -0.05) is 23.7 Å². The van der Waals surface area contributed by atoms with E-state index in [1.807, 2.05) is 0 Å². The molecule has 2 aromatic rings. The Labute approximate surface area is 149 Å². The summed E-state index contributed by atoms with van der Waals surface area (Å²) in [5.41, 5.74) is 1.79. The third kappa shape index (κ3) is 3.51. The second-order valence-electron chi connectivity index (χ2n) is 6.07. The smallest absolute Gasteiger partial charge is 0.291 e. The van der Waals surface area contributed by atoms with Gasteiger partial charge in [0.05, 0.1) is 5.69 Å². The number of hydrogen-bond donors (Lipinski definition) is 2. The number of nitrogens with one attached hydrogen (secondary N) is 2. The number of amides is 2. The Morgan fingerprint density at radius 1 is 1.20 bits per heavy atom. The first kappa shape index (κ1) is 15.7. The van der Waals surface area contributed by atoms with Gasteiger partial charge in [0.2, 0.25) is 0 Å². The number of ether oxygens (including phenoxy) is 1. The van der Waals surface area contributed by atoms with Gasteiger partial charge in [0.15, 0.2) is 11.5 Å². The largest absolute Gasteiger partial charge is 0.449 e. The highest BCUT2D eigenvalue weighted by Gasteiger charge is 2.26. The Kier molecular flexibility index (Phi) is 3.93. The topological polar surface area (TPSA) is 67.4 Å². The monoisotopic (exact) mass is 354 g/mol. The number of carbonyl (C=O) groups is 2. The van der Waals surface area contributed by atoms with Crippen molar-refractivity contribution in [3.05, 3.63) is 64.4 Å². The zero-order chi connectivity index (χ0) is 17.4. The van der Waals surface area contributed by atoms with E-state index in [1.54, 1.807) is 48.5 Å². The third-order valence-electron chi connectivity index (χ3n) is 4.01. The Morgan fingerprint density at radius 2 is 1.96 bits per heavy atom. The van der Waals surface area contributed by atoms with Crippen molar-refractivity contribution in [2.75, 3.05) is 5.32 Å². The first-order valence-electron chi connectivity index (χ1n) is 8.00. The molecule has 0 saturated heterocycles. The van der Waals surface area contributed by atoms with Crippen molar-refractivity contribution in [2.24, 2.45) is 0 Å². The van der Waals surface area contributed by atoms with E-state index >= 15 is 0 Å². The zero-order valence-electron chi connectivity index (χ0n) is 13.2. The van der Waals surface area contributed by atoms with Crippen molar-refractivity contribution in [2.45, 2.75) is 18.9 Å². The lowest BCUT2D eigenvalue weighted by Gasteiger charge is -2.20. The molecule has 5 nitrogen and oxygen atoms in total. The van der Waals surface area contributed by atoms with Crippen LogP contribution in [0.4, 0.5) is 5.69 Å². The minimum Gasteiger partial charge on any atom is -0.449 e. The second-order valence-corrected chi connectivity index (χ2v) is 6.51. The summed E-state index contributed by atoms with van der Waals surface area (Å²) >= 11 is 5.86. The number of halogens is 1. The van der Waals surface area contributed by atoms with E-state index in [0.717, 1.165) is 18.4 Å². The van der Waals surface area contributed by atoms with Crippen molar-refractivity contribution in [3.8, 4) is 5.75 Å². The summed E-state index contributed by atoms with van der Waals surface area (Å²) in [4.78, 5) is 24.4. The molecule has 25 heavy (non-hydrogen) atoms. The highest BCUT2D eigenvalue weighted by atomic mass is 35.5. The van der Waals surface area contributed by atoms with Gasteiger partial charge in [-0.25, -0.2) is 0 Å². The average molecular weight is 355 g/mol. The zero-order valence-corrected chi connectivity index (χ0v) is 14.0. The van der Waals surface area contributed by atoms with E-state index in [2.05, 4.69) is 10.6 Å². The van der Waals surface area contributed by atoms with Gasteiger partial charge in [0.25, 0.3) is 11.8 Å². The van der Waals surface area contributed by atoms with Crippen LogP contribution in [-0.2, 0) is 4.79 Å². The average Bonchev–Trinajstić information content (AvgIpc) is 3.41. The Hall–Kier alpha value is -2.79. The molecule has 1 heterocycles. The number of benzene rings is 2. The Balaban J connectivity index is 1.57. The standard InChI is InChI=1S/C19H15ClN2O3/c20-13-4-1-11(2-5-13)9-17-19(24)22-15-10-12(3-8-16(15)25-17)18(23)21-14-6-7-14/h1-5,8-10,14H,6-7H2,(H,21,23)(H,22,24)/b17-9-. The molecule has 4 rings (SSSR count). The Bertz CT molecular complexity index is 886. The molecule has 0 aromatic heterocycles. The molecular weight excluding hydrogens is 340 g/mol. The number of carbonyl (C=O) groups excluding carboxylic acids is 2. The summed E-state index contributed by atoms with van der Waals surface area (Å²) < 4.78 is 5.69. The molecular formula is C19H15ClN2O3. The van der Waals surface area contributed by atoms with Gasteiger partial charge in [0.1, 0.15) is 0 Å². The molecule has 0 spiro atoms. The van der Waals surface area contributed by atoms with Crippen LogP contribution in [0.25, 0.3) is 6.08 Å². The minimum absolute atomic E-state index is 0.137. The predicted molar refractivity (Wildman–Crippen MR) is 95.6 cm³/mol. The van der Waals surface area contributed by atoms with Crippen LogP contribution in [0.5, 0.6) is 5.75 Å². The predicted octanol–water partition coefficient (Wildman–Crippen LogP) is 3.60. The molecule has 6 heteroatoms. The molecule has 2 aromatic carbocycles. The van der Waals surface area contributed by atoms with Crippen LogP contribution in [0, 0.1) is 0 Å². The lowest BCUT2D eigenvalue weighted by Crippen LogP contribution is -2.27. The van der Waals surface area contributed by atoms with E-state index in [4.69, 9.17) is 16.3 Å². The van der Waals surface area contributed by atoms with Crippen molar-refractivity contribution < 1.29 is 14.3 Å². The molecule has 1 aliphatic carbocycles. The van der Waals surface area contributed by atoms with Crippen LogP contribution in [0.15, 0.2) is 48.2 Å². The molecule has 2 aliphatic rings. The van der Waals surface area contributed by atoms with Crippen molar-refractivity contribution in [1.82, 2.24) is 5.32 Å². The van der Waals surface area contributed by atoms with E-state index in [1.165, 1.54) is 0 Å². The van der Waals surface area contributed by atoms with Crippen molar-refractivity contribution >= 4 is 35.2 Å². The molecule has 2 N–H and O–H groups in total. The molecule has 1 fully saturated rings. The SMILES string of the molecule is O=C1Nc2cc(C(=O)NC3CC3)ccc2O/C1=C\c1ccc(Cl)cc1. The summed E-state index contributed by atoms with van der Waals surface area (Å²) in [6.07, 6.45) is 3.69. The third-order valence-corrected chi connectivity index (χ3v) is 4.27. The highest BCUT2D eigenvalue weighted by molar-refractivity contribution is 6.30. The van der Waals surface area contributed by atoms with Crippen LogP contribution in [0.1, 0.15) is 28.8 Å². The summed E-state index contributed by atoms with van der Waals surface area (Å²) in [7, 11) is 0. The van der Waals surface area contributed by atoms with Crippen molar-refractivity contribution in [3.63, 3.8) is 0 Å². The first-order chi connectivity index (χ1) is 12.1. The fraction of sp³-hybridized carbons (Fsp3) is 0.158. The van der Waals surface area contributed by atoms with Gasteiger partial charge in [0, 0.05) is 16.6 Å². The normalized spacial score (nSPS) is 17.5. The van der Waals surface area contributed by atoms with Gasteiger partial charge in [-0.3, -0.25) is 9.59 Å². The summed E-state index contributed by atoms with van der Waals surface area (Å²) in [5, 5.41) is 6.31. The van der Waals surface area contributed by atoms with Gasteiger partial charge < -0.3 is 15.4 Å². The van der Waals surface area contributed by atoms with Crippen LogP contribution in [0.3, 0.4) is 0 Å². The van der Waals surface area contributed by atoms with Crippen LogP contribution >= 0.6 is 11.6 Å². The van der Waals surface area contributed by atoms with Gasteiger partial charge >= 0.3 is 0 Å². The maximum Gasteiger partial charge on any atom is 0.291 e. The first-order valence-corrected chi connectivity index (χ1v) is 8.38. The summed E-state index contributed by atoms with van der Waals surface area (Å²) in [6.45, 7) is 0. The number of rotatable bonds is 3. The summed E-state index contributed by atoms with van der Waals surface area (Å²) in [5.74, 6) is 0.192. The molecule has 126 valence electrons. The number of hydrogen-bond acceptors (Lipinski definition) is 3. The lowest BCUT2D eigenvalue weighted by atomic mass is 10.1. The Morgan fingerprint density at radius 3 is 2.68 bits per heavy atom. The quantitative estimate of drug-likeness (QED) is 0.827. The molecule has 0 radical (unpaired) electrons. The van der Waals surface area contributed by atoms with Gasteiger partial charge in [-0.15, -0.1) is 0 Å². The van der Waals surface area contributed by atoms with E-state index in [9.17, 15) is 9.59 Å². The fourth-order valence-corrected chi connectivity index (χ4v) is 2.63. The molecule has 0 atom stereocenters.